The lowest BCUT2D eigenvalue weighted by atomic mass is 10.1. The van der Waals surface area contributed by atoms with Crippen LogP contribution < -0.4 is 0 Å². The molecule has 4 aromatic rings. The van der Waals surface area contributed by atoms with Gasteiger partial charge >= 0.3 is 0 Å². The molecule has 1 aromatic carbocycles. The van der Waals surface area contributed by atoms with Crippen molar-refractivity contribution in [3.63, 3.8) is 0 Å². The molecule has 0 atom stereocenters. The van der Waals surface area contributed by atoms with Gasteiger partial charge in [-0.05, 0) is 37.6 Å². The van der Waals surface area contributed by atoms with Gasteiger partial charge in [0, 0.05) is 37.9 Å². The van der Waals surface area contributed by atoms with Crippen LogP contribution in [0.15, 0.2) is 65.4 Å². The summed E-state index contributed by atoms with van der Waals surface area (Å²) in [6.45, 7) is 5.86. The number of hydrogen-bond acceptors (Lipinski definition) is 4. The van der Waals surface area contributed by atoms with Gasteiger partial charge in [0.1, 0.15) is 17.0 Å². The number of imidazole rings is 1. The van der Waals surface area contributed by atoms with E-state index in [0.29, 0.717) is 43.3 Å². The fraction of sp³-hybridized carbons (Fsp3) is 0.240. The highest BCUT2D eigenvalue weighted by Gasteiger charge is 2.30. The van der Waals surface area contributed by atoms with Crippen LogP contribution in [0.4, 0.5) is 0 Å². The van der Waals surface area contributed by atoms with E-state index in [1.54, 1.807) is 21.9 Å². The van der Waals surface area contributed by atoms with Gasteiger partial charge in [0.2, 0.25) is 0 Å². The van der Waals surface area contributed by atoms with Gasteiger partial charge in [-0.2, -0.15) is 0 Å². The number of furan rings is 1. The molecule has 1 aliphatic rings. The summed E-state index contributed by atoms with van der Waals surface area (Å²) in [5.74, 6) is 0.0975. The topological polar surface area (TPSA) is 71.1 Å². The molecule has 0 radical (unpaired) electrons. The molecular weight excluding hydrogens is 404 g/mol. The Hall–Kier alpha value is -3.87. The molecule has 0 unspecified atom stereocenters. The minimum Gasteiger partial charge on any atom is -0.459 e. The summed E-state index contributed by atoms with van der Waals surface area (Å²) >= 11 is 0. The van der Waals surface area contributed by atoms with Gasteiger partial charge in [-0.3, -0.25) is 14.0 Å². The molecule has 0 aliphatic carbocycles. The number of piperazine rings is 1. The van der Waals surface area contributed by atoms with E-state index in [9.17, 15) is 9.59 Å². The van der Waals surface area contributed by atoms with Crippen LogP contribution in [0.2, 0.25) is 0 Å². The molecule has 0 N–H and O–H groups in total. The smallest absolute Gasteiger partial charge is 0.289 e. The van der Waals surface area contributed by atoms with E-state index in [2.05, 4.69) is 0 Å². The largest absolute Gasteiger partial charge is 0.459 e. The zero-order valence-corrected chi connectivity index (χ0v) is 18.1. The Kier molecular flexibility index (Phi) is 5.01. The van der Waals surface area contributed by atoms with Crippen LogP contribution in [0.25, 0.3) is 16.9 Å². The van der Waals surface area contributed by atoms with E-state index in [1.807, 2.05) is 60.8 Å². The number of carbonyl (C=O) groups is 2. The van der Waals surface area contributed by atoms with Crippen molar-refractivity contribution < 1.29 is 14.0 Å². The van der Waals surface area contributed by atoms with Crippen molar-refractivity contribution >= 4 is 17.5 Å². The third-order valence-corrected chi connectivity index (χ3v) is 5.88. The molecule has 7 nitrogen and oxygen atoms in total. The summed E-state index contributed by atoms with van der Waals surface area (Å²) in [6.07, 6.45) is 3.44. The zero-order chi connectivity index (χ0) is 22.2. The Bertz CT molecular complexity index is 1280. The van der Waals surface area contributed by atoms with Crippen LogP contribution in [0.3, 0.4) is 0 Å². The van der Waals surface area contributed by atoms with E-state index in [-0.39, 0.29) is 11.8 Å². The van der Waals surface area contributed by atoms with Crippen molar-refractivity contribution in [3.05, 3.63) is 83.6 Å². The minimum absolute atomic E-state index is 0.0798. The molecule has 32 heavy (non-hydrogen) atoms. The average Bonchev–Trinajstić information content (AvgIpc) is 3.47. The lowest BCUT2D eigenvalue weighted by molar-refractivity contribution is 0.0515. The first kappa shape index (κ1) is 20.1. The second-order valence-electron chi connectivity index (χ2n) is 8.17. The number of hydrogen-bond donors (Lipinski definition) is 0. The van der Waals surface area contributed by atoms with Crippen molar-refractivity contribution in [2.45, 2.75) is 13.8 Å². The molecule has 7 heteroatoms. The van der Waals surface area contributed by atoms with Gasteiger partial charge in [0.15, 0.2) is 5.76 Å². The molecule has 1 saturated heterocycles. The number of carbonyl (C=O) groups excluding carboxylic acids is 2. The number of rotatable bonds is 3. The van der Waals surface area contributed by atoms with Crippen LogP contribution >= 0.6 is 0 Å². The summed E-state index contributed by atoms with van der Waals surface area (Å²) in [7, 11) is 0. The third kappa shape index (κ3) is 3.56. The van der Waals surface area contributed by atoms with E-state index < -0.39 is 0 Å². The van der Waals surface area contributed by atoms with Crippen LogP contribution in [0.1, 0.15) is 32.2 Å². The Labute approximate surface area is 185 Å². The number of pyridine rings is 1. The molecule has 0 saturated carbocycles. The summed E-state index contributed by atoms with van der Waals surface area (Å²) in [4.78, 5) is 34.6. The van der Waals surface area contributed by atoms with Gasteiger partial charge in [-0.15, -0.1) is 0 Å². The summed E-state index contributed by atoms with van der Waals surface area (Å²) in [6, 6.07) is 15.3. The number of aryl methyl sites for hydroxylation is 2. The van der Waals surface area contributed by atoms with Crippen molar-refractivity contribution in [2.24, 2.45) is 0 Å². The van der Waals surface area contributed by atoms with E-state index in [0.717, 1.165) is 22.3 Å². The maximum atomic E-state index is 13.7. The third-order valence-electron chi connectivity index (χ3n) is 5.88. The second-order valence-corrected chi connectivity index (χ2v) is 8.17. The molecule has 3 aromatic heterocycles. The summed E-state index contributed by atoms with van der Waals surface area (Å²) in [5.41, 5.74) is 5.08. The normalized spacial score (nSPS) is 14.2. The molecule has 4 heterocycles. The molecule has 1 aliphatic heterocycles. The van der Waals surface area contributed by atoms with E-state index in [1.165, 1.54) is 6.26 Å². The van der Waals surface area contributed by atoms with Gasteiger partial charge in [-0.25, -0.2) is 4.98 Å². The number of nitrogens with zero attached hydrogens (tertiary/aromatic N) is 4. The Morgan fingerprint density at radius 3 is 2.16 bits per heavy atom. The lowest BCUT2D eigenvalue weighted by Crippen LogP contribution is -2.50. The monoisotopic (exact) mass is 428 g/mol. The summed E-state index contributed by atoms with van der Waals surface area (Å²) < 4.78 is 7.11. The maximum Gasteiger partial charge on any atom is 0.289 e. The molecule has 0 bridgehead atoms. The molecule has 1 fully saturated rings. The standard InChI is InChI=1S/C25H24N4O3/c1-17-5-8-19(9-6-17)22-23(29-16-18(2)7-10-21(29)26-22)25(31)28-13-11-27(12-14-28)24(30)20-4-3-15-32-20/h3-10,15-16H,11-14H2,1-2H3. The highest BCUT2D eigenvalue weighted by Crippen LogP contribution is 2.27. The number of aromatic nitrogens is 2. The molecule has 2 amide bonds. The number of fused-ring (bicyclic) bond motifs is 1. The first-order valence-corrected chi connectivity index (χ1v) is 10.7. The van der Waals surface area contributed by atoms with Crippen molar-refractivity contribution in [2.75, 3.05) is 26.2 Å². The molecular formula is C25H24N4O3. The molecule has 0 spiro atoms. The first-order valence-electron chi connectivity index (χ1n) is 10.7. The van der Waals surface area contributed by atoms with Gasteiger partial charge < -0.3 is 14.2 Å². The SMILES string of the molecule is Cc1ccc(-c2nc3ccc(C)cn3c2C(=O)N2CCN(C(=O)c3ccco3)CC2)cc1. The van der Waals surface area contributed by atoms with Crippen LogP contribution in [-0.4, -0.2) is 57.2 Å². The maximum absolute atomic E-state index is 13.7. The zero-order valence-electron chi connectivity index (χ0n) is 18.1. The average molecular weight is 428 g/mol. The van der Waals surface area contributed by atoms with E-state index >= 15 is 0 Å². The van der Waals surface area contributed by atoms with E-state index in [4.69, 9.17) is 9.40 Å². The van der Waals surface area contributed by atoms with Gasteiger partial charge in [0.05, 0.1) is 6.26 Å². The van der Waals surface area contributed by atoms with Crippen LogP contribution in [-0.2, 0) is 0 Å². The predicted octanol–water partition coefficient (Wildman–Crippen LogP) is 3.81. The Morgan fingerprint density at radius 2 is 1.50 bits per heavy atom. The van der Waals surface area contributed by atoms with Crippen LogP contribution in [0, 0.1) is 13.8 Å². The van der Waals surface area contributed by atoms with Crippen LogP contribution in [0.5, 0.6) is 0 Å². The van der Waals surface area contributed by atoms with Crippen molar-refractivity contribution in [1.29, 1.82) is 0 Å². The Morgan fingerprint density at radius 1 is 0.844 bits per heavy atom. The molecule has 162 valence electrons. The van der Waals surface area contributed by atoms with Crippen molar-refractivity contribution in [1.82, 2.24) is 19.2 Å². The number of amides is 2. The van der Waals surface area contributed by atoms with Gasteiger partial charge in [0.25, 0.3) is 11.8 Å². The fourth-order valence-corrected chi connectivity index (χ4v) is 4.09. The minimum atomic E-state index is -0.145. The highest BCUT2D eigenvalue weighted by atomic mass is 16.3. The quantitative estimate of drug-likeness (QED) is 0.498. The second kappa shape index (κ2) is 8.00. The highest BCUT2D eigenvalue weighted by molar-refractivity contribution is 6.00. The fourth-order valence-electron chi connectivity index (χ4n) is 4.09. The predicted molar refractivity (Wildman–Crippen MR) is 121 cm³/mol. The summed E-state index contributed by atoms with van der Waals surface area (Å²) in [5, 5.41) is 0. The van der Waals surface area contributed by atoms with Gasteiger partial charge in [-0.1, -0.05) is 35.9 Å². The lowest BCUT2D eigenvalue weighted by Gasteiger charge is -2.34. The molecule has 5 rings (SSSR count). The Balaban J connectivity index is 1.45. The number of benzene rings is 1. The van der Waals surface area contributed by atoms with Crippen molar-refractivity contribution in [3.8, 4) is 11.3 Å². The first-order chi connectivity index (χ1) is 15.5.